The number of aliphatic hydroxyl groups excluding tert-OH is 1. The Morgan fingerprint density at radius 2 is 0.707 bits per heavy atom. The Morgan fingerprint density at radius 1 is 0.373 bits per heavy atom. The minimum atomic E-state index is -1.73. The molecule has 3 aliphatic rings. The summed E-state index contributed by atoms with van der Waals surface area (Å²) < 4.78 is 61.9. The number of nitrogens with zero attached hydrogens (tertiary/aromatic N) is 1. The third kappa shape index (κ3) is 13.0. The van der Waals surface area contributed by atoms with Gasteiger partial charge in [-0.2, -0.15) is 0 Å². The molecule has 7 aromatic carbocycles. The van der Waals surface area contributed by atoms with Gasteiger partial charge in [-0.05, 0) is 45.5 Å². The number of fused-ring (bicyclic) bond motifs is 1. The van der Waals surface area contributed by atoms with Gasteiger partial charge in [0, 0.05) is 0 Å². The van der Waals surface area contributed by atoms with Crippen molar-refractivity contribution in [3.05, 3.63) is 251 Å². The maximum atomic E-state index is 14.5. The molecule has 10 rings (SSSR count). The van der Waals surface area contributed by atoms with Gasteiger partial charge in [-0.15, -0.1) is 0 Å². The molecule has 0 unspecified atom stereocenters. The van der Waals surface area contributed by atoms with Crippen molar-refractivity contribution in [1.29, 1.82) is 0 Å². The molecule has 2 saturated heterocycles. The SMILES string of the molecule is O=C1c2ccccc2C(=O)N1[C@H]1[C@H](OCc2ccccc2)[C@@H](O[C@H]2O[C@@H](COCc3ccccc3)[C@@H](OCc3ccccc3)[C@@H](OCc3ccccc3)[C@@H]2OCc2ccccc2)[C@H](COCc2ccccc2)O[C@@H]1O. The molecular weight excluding hydrogens is 951 g/mol. The summed E-state index contributed by atoms with van der Waals surface area (Å²) in [5.74, 6) is -1.20. The Kier molecular flexibility index (Phi) is 17.7. The topological polar surface area (TPSA) is 141 Å². The van der Waals surface area contributed by atoms with Crippen LogP contribution in [0.4, 0.5) is 0 Å². The van der Waals surface area contributed by atoms with E-state index in [-0.39, 0.29) is 64.0 Å². The molecule has 10 atom stereocenters. The standard InChI is InChI=1S/C62H61NO12/c64-59-49-33-19-20-34-50(49)60(65)63(59)53-56(70-38-46-27-13-4-14-28-46)55(52(73-61(53)66)42-68-36-44-23-9-2-10-24-44)75-62-58(72-40-48-31-17-6-18-32-48)57(71-39-47-29-15-5-16-30-47)54(69-37-45-25-11-3-12-26-45)51(74-62)41-67-35-43-21-7-1-8-22-43/h1-34,51-58,61-62,66H,35-42H2/t51-,52-,53-,54+,55-,56-,57+,58-,61-,62+/m0/s1. The summed E-state index contributed by atoms with van der Waals surface area (Å²) in [6.07, 6.45) is -9.96. The second kappa shape index (κ2) is 25.7. The Labute approximate surface area is 437 Å². The number of ether oxygens (including phenoxy) is 9. The summed E-state index contributed by atoms with van der Waals surface area (Å²) in [4.78, 5) is 29.9. The van der Waals surface area contributed by atoms with Gasteiger partial charge in [0.15, 0.2) is 12.6 Å². The van der Waals surface area contributed by atoms with Crippen LogP contribution < -0.4 is 0 Å². The second-order valence-electron chi connectivity index (χ2n) is 18.8. The van der Waals surface area contributed by atoms with Gasteiger partial charge in [-0.3, -0.25) is 14.5 Å². The van der Waals surface area contributed by atoms with Gasteiger partial charge in [-0.1, -0.05) is 194 Å². The molecule has 75 heavy (non-hydrogen) atoms. The van der Waals surface area contributed by atoms with E-state index in [0.717, 1.165) is 38.3 Å². The van der Waals surface area contributed by atoms with E-state index in [1.54, 1.807) is 24.3 Å². The van der Waals surface area contributed by atoms with Crippen molar-refractivity contribution >= 4 is 11.8 Å². The lowest BCUT2D eigenvalue weighted by molar-refractivity contribution is -0.365. The molecule has 0 aromatic heterocycles. The van der Waals surface area contributed by atoms with Crippen molar-refractivity contribution in [1.82, 2.24) is 4.90 Å². The molecule has 386 valence electrons. The zero-order valence-electron chi connectivity index (χ0n) is 41.4. The predicted molar refractivity (Wildman–Crippen MR) is 277 cm³/mol. The summed E-state index contributed by atoms with van der Waals surface area (Å²) in [6.45, 7) is 1.01. The lowest BCUT2D eigenvalue weighted by Gasteiger charge is -2.50. The molecule has 2 fully saturated rings. The van der Waals surface area contributed by atoms with Crippen LogP contribution in [0, 0.1) is 0 Å². The molecule has 0 saturated carbocycles. The highest BCUT2D eigenvalue weighted by Crippen LogP contribution is 2.38. The van der Waals surface area contributed by atoms with Gasteiger partial charge in [-0.25, -0.2) is 0 Å². The van der Waals surface area contributed by atoms with Crippen LogP contribution in [0.15, 0.2) is 206 Å². The first kappa shape index (κ1) is 51.8. The summed E-state index contributed by atoms with van der Waals surface area (Å²) >= 11 is 0. The number of benzene rings is 7. The molecule has 0 aliphatic carbocycles. The van der Waals surface area contributed by atoms with Crippen molar-refractivity contribution in [2.24, 2.45) is 0 Å². The largest absolute Gasteiger partial charge is 0.374 e. The predicted octanol–water partition coefficient (Wildman–Crippen LogP) is 9.25. The first-order chi connectivity index (χ1) is 37.0. The summed E-state index contributed by atoms with van der Waals surface area (Å²) in [5.41, 5.74) is 5.84. The molecule has 0 radical (unpaired) electrons. The molecule has 2 amide bonds. The van der Waals surface area contributed by atoms with Crippen LogP contribution in [-0.4, -0.2) is 96.4 Å². The fourth-order valence-electron chi connectivity index (χ4n) is 9.80. The van der Waals surface area contributed by atoms with Gasteiger partial charge < -0.3 is 47.7 Å². The van der Waals surface area contributed by atoms with Gasteiger partial charge >= 0.3 is 0 Å². The van der Waals surface area contributed by atoms with E-state index in [4.69, 9.17) is 42.6 Å². The molecular formula is C62H61NO12. The molecule has 3 aliphatic heterocycles. The van der Waals surface area contributed by atoms with Crippen molar-refractivity contribution in [3.63, 3.8) is 0 Å². The average molecular weight is 1010 g/mol. The minimum absolute atomic E-state index is 0.0168. The fourth-order valence-corrected chi connectivity index (χ4v) is 9.80. The monoisotopic (exact) mass is 1010 g/mol. The highest BCUT2D eigenvalue weighted by molar-refractivity contribution is 6.21. The van der Waals surface area contributed by atoms with Crippen molar-refractivity contribution < 1.29 is 57.3 Å². The highest BCUT2D eigenvalue weighted by Gasteiger charge is 2.57. The van der Waals surface area contributed by atoms with E-state index < -0.39 is 73.2 Å². The number of aliphatic hydroxyl groups is 1. The van der Waals surface area contributed by atoms with Gasteiger partial charge in [0.1, 0.15) is 48.8 Å². The number of rotatable bonds is 23. The number of hydrogen-bond donors (Lipinski definition) is 1. The summed E-state index contributed by atoms with van der Waals surface area (Å²) in [6, 6.07) is 63.7. The first-order valence-electron chi connectivity index (χ1n) is 25.4. The number of imide groups is 1. The molecule has 0 bridgehead atoms. The average Bonchev–Trinajstić information content (AvgIpc) is 3.73. The third-order valence-corrected chi connectivity index (χ3v) is 13.6. The van der Waals surface area contributed by atoms with E-state index >= 15 is 0 Å². The van der Waals surface area contributed by atoms with Gasteiger partial charge in [0.25, 0.3) is 11.8 Å². The Hall–Kier alpha value is -6.72. The molecule has 13 heteroatoms. The lowest BCUT2D eigenvalue weighted by atomic mass is 9.93. The fraction of sp³-hybridized carbons (Fsp3) is 0.290. The lowest BCUT2D eigenvalue weighted by Crippen LogP contribution is -2.69. The van der Waals surface area contributed by atoms with Gasteiger partial charge in [0.05, 0.1) is 64.0 Å². The molecule has 0 spiro atoms. The molecule has 13 nitrogen and oxygen atoms in total. The zero-order chi connectivity index (χ0) is 51.2. The Balaban J connectivity index is 1.06. The van der Waals surface area contributed by atoms with Crippen molar-refractivity contribution in [3.8, 4) is 0 Å². The van der Waals surface area contributed by atoms with E-state index in [9.17, 15) is 14.7 Å². The van der Waals surface area contributed by atoms with E-state index in [1.807, 2.05) is 182 Å². The highest BCUT2D eigenvalue weighted by atomic mass is 16.7. The van der Waals surface area contributed by atoms with Crippen LogP contribution in [0.3, 0.4) is 0 Å². The molecule has 3 heterocycles. The normalized spacial score (nSPS) is 24.5. The van der Waals surface area contributed by atoms with Crippen LogP contribution in [0.2, 0.25) is 0 Å². The minimum Gasteiger partial charge on any atom is -0.374 e. The Bertz CT molecular complexity index is 2810. The quantitative estimate of drug-likeness (QED) is 0.0611. The van der Waals surface area contributed by atoms with Crippen LogP contribution in [-0.2, 0) is 82.3 Å². The molecule has 1 N–H and O–H groups in total. The summed E-state index contributed by atoms with van der Waals surface area (Å²) in [5, 5.41) is 12.3. The van der Waals surface area contributed by atoms with Crippen LogP contribution in [0.1, 0.15) is 54.1 Å². The second-order valence-corrected chi connectivity index (χ2v) is 18.8. The number of amides is 2. The maximum Gasteiger partial charge on any atom is 0.262 e. The number of carbonyl (C=O) groups is 2. The smallest absolute Gasteiger partial charge is 0.262 e. The Morgan fingerprint density at radius 3 is 1.12 bits per heavy atom. The first-order valence-corrected chi connectivity index (χ1v) is 25.4. The summed E-state index contributed by atoms with van der Waals surface area (Å²) in [7, 11) is 0. The number of hydrogen-bond acceptors (Lipinski definition) is 12. The van der Waals surface area contributed by atoms with E-state index in [2.05, 4.69) is 0 Å². The zero-order valence-corrected chi connectivity index (χ0v) is 41.4. The van der Waals surface area contributed by atoms with Crippen LogP contribution in [0.25, 0.3) is 0 Å². The van der Waals surface area contributed by atoms with E-state index in [1.165, 1.54) is 0 Å². The third-order valence-electron chi connectivity index (χ3n) is 13.6. The molecule has 7 aromatic rings. The van der Waals surface area contributed by atoms with Crippen molar-refractivity contribution in [2.45, 2.75) is 101 Å². The van der Waals surface area contributed by atoms with Gasteiger partial charge in [0.2, 0.25) is 0 Å². The van der Waals surface area contributed by atoms with Crippen molar-refractivity contribution in [2.75, 3.05) is 13.2 Å². The van der Waals surface area contributed by atoms with E-state index in [0.29, 0.717) is 0 Å². The maximum absolute atomic E-state index is 14.5. The van der Waals surface area contributed by atoms with Crippen LogP contribution in [0.5, 0.6) is 0 Å². The van der Waals surface area contributed by atoms with Crippen LogP contribution >= 0.6 is 0 Å². The number of carbonyl (C=O) groups excluding carboxylic acids is 2.